The highest BCUT2D eigenvalue weighted by molar-refractivity contribution is 7.90. The maximum atomic E-state index is 13.6. The number of ether oxygens (including phenoxy) is 1. The van der Waals surface area contributed by atoms with E-state index in [9.17, 15) is 18.1 Å². The van der Waals surface area contributed by atoms with Crippen LogP contribution in [0.2, 0.25) is 0 Å². The van der Waals surface area contributed by atoms with Gasteiger partial charge in [-0.05, 0) is 66.8 Å². The molecule has 1 fully saturated rings. The Kier molecular flexibility index (Phi) is 6.75. The molecule has 3 aromatic rings. The highest BCUT2D eigenvalue weighted by atomic mass is 32.2. The van der Waals surface area contributed by atoms with Crippen molar-refractivity contribution in [1.29, 1.82) is 5.26 Å². The third-order valence-corrected chi connectivity index (χ3v) is 7.13. The molecule has 0 spiro atoms. The molecule has 2 aromatic carbocycles. The minimum Gasteiger partial charge on any atom is -0.476 e. The summed E-state index contributed by atoms with van der Waals surface area (Å²) in [6.45, 7) is 0.507. The smallest absolute Gasteiger partial charge is 0.232 e. The molecule has 1 aromatic heterocycles. The molecule has 0 bridgehead atoms. The molecule has 0 amide bonds. The summed E-state index contributed by atoms with van der Waals surface area (Å²) in [5.41, 5.74) is 2.86. The van der Waals surface area contributed by atoms with Crippen molar-refractivity contribution in [2.45, 2.75) is 37.0 Å². The molecule has 0 aliphatic heterocycles. The van der Waals surface area contributed by atoms with Gasteiger partial charge < -0.3 is 4.74 Å². The average Bonchev–Trinajstić information content (AvgIpc) is 2.83. The third-order valence-electron chi connectivity index (χ3n) is 6.00. The monoisotopic (exact) mass is 464 g/mol. The van der Waals surface area contributed by atoms with Crippen LogP contribution >= 0.6 is 0 Å². The van der Waals surface area contributed by atoms with Gasteiger partial charge >= 0.3 is 0 Å². The largest absolute Gasteiger partial charge is 0.476 e. The molecular formula is C26H25FN2O3S. The summed E-state index contributed by atoms with van der Waals surface area (Å²) in [5.74, 6) is 0.351. The maximum absolute atomic E-state index is 13.6. The molecule has 0 unspecified atom stereocenters. The fourth-order valence-corrected chi connectivity index (χ4v) is 4.80. The van der Waals surface area contributed by atoms with E-state index < -0.39 is 9.84 Å². The molecule has 1 aliphatic carbocycles. The summed E-state index contributed by atoms with van der Waals surface area (Å²) < 4.78 is 43.3. The van der Waals surface area contributed by atoms with Crippen molar-refractivity contribution in [3.8, 4) is 34.3 Å². The van der Waals surface area contributed by atoms with Crippen molar-refractivity contribution in [2.75, 3.05) is 12.9 Å². The lowest BCUT2D eigenvalue weighted by molar-refractivity contribution is 0.202. The number of hydrogen-bond acceptors (Lipinski definition) is 5. The van der Waals surface area contributed by atoms with Crippen LogP contribution in [0.4, 0.5) is 4.39 Å². The molecule has 33 heavy (non-hydrogen) atoms. The molecule has 1 heterocycles. The molecule has 4 rings (SSSR count). The van der Waals surface area contributed by atoms with Gasteiger partial charge in [-0.15, -0.1) is 0 Å². The van der Waals surface area contributed by atoms with Gasteiger partial charge in [0, 0.05) is 17.4 Å². The summed E-state index contributed by atoms with van der Waals surface area (Å²) in [7, 11) is -3.34. The Morgan fingerprint density at radius 1 is 1.03 bits per heavy atom. The number of nitrogens with zero attached hydrogens (tertiary/aromatic N) is 2. The van der Waals surface area contributed by atoms with Crippen molar-refractivity contribution < 1.29 is 17.5 Å². The molecule has 0 atom stereocenters. The van der Waals surface area contributed by atoms with E-state index in [2.05, 4.69) is 11.1 Å². The number of nitriles is 1. The van der Waals surface area contributed by atoms with Crippen molar-refractivity contribution in [3.63, 3.8) is 0 Å². The van der Waals surface area contributed by atoms with Gasteiger partial charge in [-0.25, -0.2) is 17.8 Å². The van der Waals surface area contributed by atoms with Crippen LogP contribution < -0.4 is 4.74 Å². The van der Waals surface area contributed by atoms with Gasteiger partial charge in [0.2, 0.25) is 5.88 Å². The average molecular weight is 465 g/mol. The Morgan fingerprint density at radius 2 is 1.67 bits per heavy atom. The zero-order chi connectivity index (χ0) is 23.4. The van der Waals surface area contributed by atoms with Crippen LogP contribution in [0, 0.1) is 23.1 Å². The van der Waals surface area contributed by atoms with E-state index in [4.69, 9.17) is 4.74 Å². The Hall–Kier alpha value is -3.24. The van der Waals surface area contributed by atoms with E-state index in [1.54, 1.807) is 30.3 Å². The number of hydrogen-bond donors (Lipinski definition) is 0. The van der Waals surface area contributed by atoms with E-state index in [1.807, 2.05) is 0 Å². The number of benzene rings is 2. The Morgan fingerprint density at radius 3 is 2.27 bits per heavy atom. The van der Waals surface area contributed by atoms with Crippen LogP contribution in [0.1, 0.15) is 37.7 Å². The number of sulfone groups is 1. The second-order valence-electron chi connectivity index (χ2n) is 8.47. The van der Waals surface area contributed by atoms with Gasteiger partial charge in [0.05, 0.1) is 17.2 Å². The fraction of sp³-hybridized carbons (Fsp3) is 0.308. The zero-order valence-electron chi connectivity index (χ0n) is 18.4. The topological polar surface area (TPSA) is 80.0 Å². The first-order chi connectivity index (χ1) is 15.8. The van der Waals surface area contributed by atoms with Gasteiger partial charge in [-0.1, -0.05) is 31.4 Å². The van der Waals surface area contributed by atoms with E-state index in [-0.39, 0.29) is 16.6 Å². The van der Waals surface area contributed by atoms with E-state index in [0.29, 0.717) is 40.5 Å². The molecule has 5 nitrogen and oxygen atoms in total. The molecular weight excluding hydrogens is 439 g/mol. The summed E-state index contributed by atoms with van der Waals surface area (Å²) in [6.07, 6.45) is 7.00. The minimum atomic E-state index is -3.34. The highest BCUT2D eigenvalue weighted by Crippen LogP contribution is 2.35. The van der Waals surface area contributed by atoms with Gasteiger partial charge in [-0.3, -0.25) is 0 Å². The SMILES string of the molecule is CS(=O)(=O)c1ccc(-c2cc(C#N)c(OCC3CCCCC3)nc2-c2ccc(F)cc2)cc1. The highest BCUT2D eigenvalue weighted by Gasteiger charge is 2.19. The van der Waals surface area contributed by atoms with Crippen LogP contribution in [0.3, 0.4) is 0 Å². The van der Waals surface area contributed by atoms with E-state index in [0.717, 1.165) is 19.1 Å². The molecule has 0 radical (unpaired) electrons. The first-order valence-electron chi connectivity index (χ1n) is 11.0. The third kappa shape index (κ3) is 5.40. The van der Waals surface area contributed by atoms with Crippen molar-refractivity contribution in [3.05, 3.63) is 66.0 Å². The van der Waals surface area contributed by atoms with Gasteiger partial charge in [0.1, 0.15) is 17.4 Å². The lowest BCUT2D eigenvalue weighted by Gasteiger charge is -2.22. The summed E-state index contributed by atoms with van der Waals surface area (Å²) in [6, 6.07) is 16.3. The van der Waals surface area contributed by atoms with Crippen molar-refractivity contribution in [2.24, 2.45) is 5.92 Å². The minimum absolute atomic E-state index is 0.204. The zero-order valence-corrected chi connectivity index (χ0v) is 19.2. The van der Waals surface area contributed by atoms with Crippen LogP contribution in [-0.2, 0) is 9.84 Å². The number of rotatable bonds is 6. The van der Waals surface area contributed by atoms with Crippen molar-refractivity contribution >= 4 is 9.84 Å². The van der Waals surface area contributed by atoms with E-state index >= 15 is 0 Å². The number of halogens is 1. The first-order valence-corrected chi connectivity index (χ1v) is 12.9. The second kappa shape index (κ2) is 9.72. The first kappa shape index (κ1) is 22.9. The molecule has 1 saturated carbocycles. The van der Waals surface area contributed by atoms with Crippen LogP contribution in [0.5, 0.6) is 5.88 Å². The molecule has 1 aliphatic rings. The van der Waals surface area contributed by atoms with Crippen LogP contribution in [0.15, 0.2) is 59.5 Å². The quantitative estimate of drug-likeness (QED) is 0.461. The standard InChI is InChI=1S/C26H25FN2O3S/c1-33(30,31)23-13-9-19(10-14-23)24-15-21(16-28)26(32-17-18-5-3-2-4-6-18)29-25(24)20-7-11-22(27)12-8-20/h7-15,18H,2-6,17H2,1H3. The summed E-state index contributed by atoms with van der Waals surface area (Å²) in [5, 5.41) is 9.78. The molecule has 7 heteroatoms. The maximum Gasteiger partial charge on any atom is 0.232 e. The van der Waals surface area contributed by atoms with Crippen molar-refractivity contribution in [1.82, 2.24) is 4.98 Å². The lowest BCUT2D eigenvalue weighted by Crippen LogP contribution is -2.16. The van der Waals surface area contributed by atoms with E-state index in [1.165, 1.54) is 43.5 Å². The van der Waals surface area contributed by atoms with Crippen LogP contribution in [0.25, 0.3) is 22.4 Å². The lowest BCUT2D eigenvalue weighted by atomic mass is 9.90. The second-order valence-corrected chi connectivity index (χ2v) is 10.5. The predicted molar refractivity (Wildman–Crippen MR) is 125 cm³/mol. The molecule has 0 saturated heterocycles. The predicted octanol–water partition coefficient (Wildman–Crippen LogP) is 5.79. The van der Waals surface area contributed by atoms with Gasteiger partial charge in [0.25, 0.3) is 0 Å². The summed E-state index contributed by atoms with van der Waals surface area (Å²) in [4.78, 5) is 4.89. The Bertz CT molecular complexity index is 1270. The molecule has 0 N–H and O–H groups in total. The molecule has 170 valence electrons. The Labute approximate surface area is 193 Å². The fourth-order valence-electron chi connectivity index (χ4n) is 4.17. The number of pyridine rings is 1. The summed E-state index contributed by atoms with van der Waals surface area (Å²) >= 11 is 0. The van der Waals surface area contributed by atoms with Gasteiger partial charge in [0.15, 0.2) is 9.84 Å². The van der Waals surface area contributed by atoms with Gasteiger partial charge in [-0.2, -0.15) is 5.26 Å². The normalized spacial score (nSPS) is 14.6. The Balaban J connectivity index is 1.77. The number of aromatic nitrogens is 1. The van der Waals surface area contributed by atoms with Crippen LogP contribution in [-0.4, -0.2) is 26.3 Å².